The van der Waals surface area contributed by atoms with Gasteiger partial charge in [0.05, 0.1) is 25.3 Å². The summed E-state index contributed by atoms with van der Waals surface area (Å²) in [7, 11) is 1.48. The van der Waals surface area contributed by atoms with Crippen LogP contribution in [0.2, 0.25) is 10.0 Å². The van der Waals surface area contributed by atoms with E-state index in [0.717, 1.165) is 5.56 Å². The first kappa shape index (κ1) is 20.0. The quantitative estimate of drug-likeness (QED) is 0.608. The highest BCUT2D eigenvalue weighted by Crippen LogP contribution is 2.36. The van der Waals surface area contributed by atoms with Gasteiger partial charge in [-0.05, 0) is 31.2 Å². The van der Waals surface area contributed by atoms with E-state index in [1.54, 1.807) is 24.3 Å². The molecular formula is C19H17Cl2N3O4. The molecule has 1 heterocycles. The molecule has 146 valence electrons. The number of amides is 1. The van der Waals surface area contributed by atoms with E-state index >= 15 is 0 Å². The monoisotopic (exact) mass is 421 g/mol. The van der Waals surface area contributed by atoms with Gasteiger partial charge in [0, 0.05) is 16.1 Å². The van der Waals surface area contributed by atoms with Crippen molar-refractivity contribution in [2.24, 2.45) is 0 Å². The van der Waals surface area contributed by atoms with Crippen LogP contribution in [-0.2, 0) is 6.54 Å². The van der Waals surface area contributed by atoms with Crippen molar-refractivity contribution in [1.82, 2.24) is 15.5 Å². The molecule has 0 bridgehead atoms. The summed E-state index contributed by atoms with van der Waals surface area (Å²) in [6.07, 6.45) is 0. The van der Waals surface area contributed by atoms with E-state index in [0.29, 0.717) is 34.5 Å². The maximum absolute atomic E-state index is 12.5. The molecule has 0 aliphatic rings. The molecule has 0 saturated heterocycles. The number of carbonyl (C=O) groups is 1. The molecule has 0 atom stereocenters. The van der Waals surface area contributed by atoms with Crippen LogP contribution in [0.1, 0.15) is 23.2 Å². The van der Waals surface area contributed by atoms with Crippen LogP contribution in [0.15, 0.2) is 40.9 Å². The number of benzene rings is 2. The number of carbonyl (C=O) groups excluding carboxylic acids is 1. The zero-order valence-electron chi connectivity index (χ0n) is 15.2. The van der Waals surface area contributed by atoms with E-state index in [2.05, 4.69) is 15.5 Å². The number of hydrogen-bond acceptors (Lipinski definition) is 6. The molecule has 28 heavy (non-hydrogen) atoms. The fourth-order valence-electron chi connectivity index (χ4n) is 2.46. The van der Waals surface area contributed by atoms with E-state index in [1.165, 1.54) is 13.2 Å². The van der Waals surface area contributed by atoms with Gasteiger partial charge in [-0.1, -0.05) is 40.5 Å². The Kier molecular flexibility index (Phi) is 6.38. The minimum atomic E-state index is -0.370. The molecule has 0 fully saturated rings. The Hall–Kier alpha value is -2.77. The molecule has 0 aliphatic heterocycles. The van der Waals surface area contributed by atoms with Gasteiger partial charge in [-0.2, -0.15) is 4.98 Å². The highest BCUT2D eigenvalue weighted by Gasteiger charge is 2.17. The van der Waals surface area contributed by atoms with Crippen LogP contribution < -0.4 is 14.8 Å². The topological polar surface area (TPSA) is 86.5 Å². The van der Waals surface area contributed by atoms with Gasteiger partial charge in [-0.25, -0.2) is 0 Å². The minimum absolute atomic E-state index is 0.0551. The first-order chi connectivity index (χ1) is 13.5. The number of rotatable bonds is 7. The molecule has 0 saturated carbocycles. The van der Waals surface area contributed by atoms with Gasteiger partial charge < -0.3 is 19.3 Å². The third-order valence-corrected chi connectivity index (χ3v) is 4.25. The predicted octanol–water partition coefficient (Wildman–Crippen LogP) is 4.38. The third kappa shape index (κ3) is 4.55. The standard InChI is InChI=1S/C19H17Cl2N3O4/c1-3-27-17-14(21)8-12(9-15(17)26-2)19(25)22-10-16-23-18(24-28-16)11-5-4-6-13(20)7-11/h4-9H,3,10H2,1-2H3,(H,22,25). The van der Waals surface area contributed by atoms with Crippen LogP contribution in [-0.4, -0.2) is 29.8 Å². The summed E-state index contributed by atoms with van der Waals surface area (Å²) in [5.41, 5.74) is 1.04. The smallest absolute Gasteiger partial charge is 0.251 e. The number of nitrogens with zero attached hydrogens (tertiary/aromatic N) is 2. The van der Waals surface area contributed by atoms with Gasteiger partial charge in [-0.3, -0.25) is 4.79 Å². The summed E-state index contributed by atoms with van der Waals surface area (Å²) in [5, 5.41) is 7.46. The fourth-order valence-corrected chi connectivity index (χ4v) is 2.92. The normalized spacial score (nSPS) is 10.6. The summed E-state index contributed by atoms with van der Waals surface area (Å²) in [6, 6.07) is 10.1. The molecule has 3 aromatic rings. The molecule has 7 nitrogen and oxygen atoms in total. The van der Waals surface area contributed by atoms with Gasteiger partial charge in [-0.15, -0.1) is 0 Å². The van der Waals surface area contributed by atoms with Crippen LogP contribution in [0.5, 0.6) is 11.5 Å². The van der Waals surface area contributed by atoms with Crippen molar-refractivity contribution in [3.8, 4) is 22.9 Å². The second-order valence-corrected chi connectivity index (χ2v) is 6.47. The Balaban J connectivity index is 1.70. The Labute approximate surface area is 171 Å². The maximum atomic E-state index is 12.5. The number of ether oxygens (including phenoxy) is 2. The Morgan fingerprint density at radius 3 is 2.79 bits per heavy atom. The Morgan fingerprint density at radius 2 is 2.07 bits per heavy atom. The number of methoxy groups -OCH3 is 1. The fraction of sp³-hybridized carbons (Fsp3) is 0.211. The molecule has 1 N–H and O–H groups in total. The van der Waals surface area contributed by atoms with Crippen molar-refractivity contribution in [3.63, 3.8) is 0 Å². The van der Waals surface area contributed by atoms with E-state index < -0.39 is 0 Å². The zero-order valence-corrected chi connectivity index (χ0v) is 16.7. The van der Waals surface area contributed by atoms with Crippen molar-refractivity contribution in [3.05, 3.63) is 57.9 Å². The molecule has 1 aromatic heterocycles. The van der Waals surface area contributed by atoms with Crippen LogP contribution in [0.4, 0.5) is 0 Å². The SMILES string of the molecule is CCOc1c(Cl)cc(C(=O)NCc2nc(-c3cccc(Cl)c3)no2)cc1OC. The van der Waals surface area contributed by atoms with E-state index in [1.807, 2.05) is 13.0 Å². The highest BCUT2D eigenvalue weighted by atomic mass is 35.5. The average molecular weight is 422 g/mol. The van der Waals surface area contributed by atoms with Crippen molar-refractivity contribution in [2.45, 2.75) is 13.5 Å². The average Bonchev–Trinajstić information content (AvgIpc) is 3.16. The van der Waals surface area contributed by atoms with Gasteiger partial charge in [0.15, 0.2) is 11.5 Å². The summed E-state index contributed by atoms with van der Waals surface area (Å²) < 4.78 is 15.9. The zero-order chi connectivity index (χ0) is 20.1. The molecule has 1 amide bonds. The lowest BCUT2D eigenvalue weighted by molar-refractivity contribution is 0.0946. The van der Waals surface area contributed by atoms with E-state index in [9.17, 15) is 4.79 Å². The Bertz CT molecular complexity index is 991. The predicted molar refractivity (Wildman–Crippen MR) is 105 cm³/mol. The summed E-state index contributed by atoms with van der Waals surface area (Å²) in [6.45, 7) is 2.31. The van der Waals surface area contributed by atoms with Crippen LogP contribution in [0.25, 0.3) is 11.4 Å². The van der Waals surface area contributed by atoms with Crippen molar-refractivity contribution >= 4 is 29.1 Å². The molecule has 9 heteroatoms. The van der Waals surface area contributed by atoms with E-state index in [-0.39, 0.29) is 23.4 Å². The van der Waals surface area contributed by atoms with Crippen LogP contribution in [0, 0.1) is 0 Å². The number of halogens is 2. The van der Waals surface area contributed by atoms with Crippen molar-refractivity contribution in [2.75, 3.05) is 13.7 Å². The molecular weight excluding hydrogens is 405 g/mol. The summed E-state index contributed by atoms with van der Waals surface area (Å²) >= 11 is 12.2. The van der Waals surface area contributed by atoms with Crippen molar-refractivity contribution in [1.29, 1.82) is 0 Å². The third-order valence-electron chi connectivity index (χ3n) is 3.73. The van der Waals surface area contributed by atoms with Gasteiger partial charge in [0.1, 0.15) is 0 Å². The molecule has 0 unspecified atom stereocenters. The first-order valence-electron chi connectivity index (χ1n) is 8.39. The molecule has 2 aromatic carbocycles. The highest BCUT2D eigenvalue weighted by molar-refractivity contribution is 6.32. The largest absolute Gasteiger partial charge is 0.493 e. The number of hydrogen-bond donors (Lipinski definition) is 1. The van der Waals surface area contributed by atoms with Gasteiger partial charge in [0.2, 0.25) is 11.7 Å². The lowest BCUT2D eigenvalue weighted by Gasteiger charge is -2.12. The van der Waals surface area contributed by atoms with Gasteiger partial charge >= 0.3 is 0 Å². The van der Waals surface area contributed by atoms with Crippen LogP contribution >= 0.6 is 23.2 Å². The maximum Gasteiger partial charge on any atom is 0.251 e. The summed E-state index contributed by atoms with van der Waals surface area (Å²) in [4.78, 5) is 16.7. The molecule has 0 aliphatic carbocycles. The lowest BCUT2D eigenvalue weighted by Crippen LogP contribution is -2.23. The van der Waals surface area contributed by atoms with E-state index in [4.69, 9.17) is 37.2 Å². The summed E-state index contributed by atoms with van der Waals surface area (Å²) in [5.74, 6) is 1.04. The Morgan fingerprint density at radius 1 is 1.25 bits per heavy atom. The molecule has 0 radical (unpaired) electrons. The molecule has 3 rings (SSSR count). The first-order valence-corrected chi connectivity index (χ1v) is 9.14. The van der Waals surface area contributed by atoms with Crippen molar-refractivity contribution < 1.29 is 18.8 Å². The minimum Gasteiger partial charge on any atom is -0.493 e. The number of aromatic nitrogens is 2. The lowest BCUT2D eigenvalue weighted by atomic mass is 10.2. The number of nitrogens with one attached hydrogen (secondary N) is 1. The van der Waals surface area contributed by atoms with Gasteiger partial charge in [0.25, 0.3) is 5.91 Å². The second kappa shape index (κ2) is 8.95. The molecule has 0 spiro atoms. The second-order valence-electron chi connectivity index (χ2n) is 5.63. The van der Waals surface area contributed by atoms with Crippen LogP contribution in [0.3, 0.4) is 0 Å².